The fraction of sp³-hybridized carbons (Fsp3) is 0.333. The minimum absolute atomic E-state index is 0.107. The summed E-state index contributed by atoms with van der Waals surface area (Å²) in [4.78, 5) is 6.86. The van der Waals surface area contributed by atoms with Crippen LogP contribution in [-0.2, 0) is 23.1 Å². The number of hydrogen-bond acceptors (Lipinski definition) is 5. The third-order valence-electron chi connectivity index (χ3n) is 2.33. The quantitative estimate of drug-likeness (QED) is 0.544. The Balaban J connectivity index is 1.99. The number of hydrogen-bond donors (Lipinski definition) is 4. The Morgan fingerprint density at radius 2 is 2.28 bits per heavy atom. The molecule has 98 valence electrons. The summed E-state index contributed by atoms with van der Waals surface area (Å²) in [5.41, 5.74) is 0.237. The van der Waals surface area contributed by atoms with E-state index in [1.807, 2.05) is 0 Å². The molecule has 0 bridgehead atoms. The van der Waals surface area contributed by atoms with Gasteiger partial charge in [-0.2, -0.15) is 5.10 Å². The zero-order chi connectivity index (χ0) is 13.0. The molecule has 0 saturated heterocycles. The number of aliphatic hydroxyl groups excluding tert-OH is 1. The van der Waals surface area contributed by atoms with Crippen molar-refractivity contribution in [2.24, 2.45) is 0 Å². The average molecular weight is 271 g/mol. The number of aromatic nitrogens is 4. The van der Waals surface area contributed by atoms with Crippen molar-refractivity contribution >= 4 is 10.0 Å². The summed E-state index contributed by atoms with van der Waals surface area (Å²) in [5.74, 6) is 0.699. The zero-order valence-electron chi connectivity index (χ0n) is 9.42. The van der Waals surface area contributed by atoms with Gasteiger partial charge in [-0.1, -0.05) is 0 Å². The molecule has 0 spiro atoms. The van der Waals surface area contributed by atoms with E-state index in [4.69, 9.17) is 5.11 Å². The first-order valence-electron chi connectivity index (χ1n) is 5.24. The van der Waals surface area contributed by atoms with Crippen molar-refractivity contribution in [3.63, 3.8) is 0 Å². The van der Waals surface area contributed by atoms with Crippen LogP contribution in [0.2, 0.25) is 0 Å². The van der Waals surface area contributed by atoms with Crippen molar-refractivity contribution in [1.82, 2.24) is 24.9 Å². The standard InChI is InChI=1S/C9H13N5O3S/c15-6-7-5-12-14-9(7)18(16,17)13-2-1-8-10-3-4-11-8/h3-5,13,15H,1-2,6H2,(H,10,11)(H,12,14). The van der Waals surface area contributed by atoms with Crippen LogP contribution in [0.5, 0.6) is 0 Å². The Morgan fingerprint density at radius 1 is 1.44 bits per heavy atom. The van der Waals surface area contributed by atoms with Gasteiger partial charge in [-0.3, -0.25) is 5.10 Å². The number of aliphatic hydroxyl groups is 1. The van der Waals surface area contributed by atoms with Crippen molar-refractivity contribution < 1.29 is 13.5 Å². The van der Waals surface area contributed by atoms with Crippen LogP contribution >= 0.6 is 0 Å². The van der Waals surface area contributed by atoms with Crippen LogP contribution in [0, 0.1) is 0 Å². The van der Waals surface area contributed by atoms with E-state index in [0.717, 1.165) is 0 Å². The van der Waals surface area contributed by atoms with Crippen LogP contribution < -0.4 is 4.72 Å². The molecule has 8 nitrogen and oxygen atoms in total. The van der Waals surface area contributed by atoms with Gasteiger partial charge in [0.15, 0.2) is 5.03 Å². The number of nitrogens with zero attached hydrogens (tertiary/aromatic N) is 2. The van der Waals surface area contributed by atoms with Gasteiger partial charge < -0.3 is 10.1 Å². The van der Waals surface area contributed by atoms with Crippen LogP contribution in [0.25, 0.3) is 0 Å². The number of H-pyrrole nitrogens is 2. The lowest BCUT2D eigenvalue weighted by Crippen LogP contribution is -2.27. The van der Waals surface area contributed by atoms with Gasteiger partial charge >= 0.3 is 0 Å². The van der Waals surface area contributed by atoms with Crippen LogP contribution in [0.15, 0.2) is 23.6 Å². The largest absolute Gasteiger partial charge is 0.392 e. The normalized spacial score (nSPS) is 11.8. The van der Waals surface area contributed by atoms with Gasteiger partial charge in [-0.15, -0.1) is 0 Å². The topological polar surface area (TPSA) is 124 Å². The minimum Gasteiger partial charge on any atom is -0.392 e. The fourth-order valence-corrected chi connectivity index (χ4v) is 2.61. The number of imidazole rings is 1. The van der Waals surface area contributed by atoms with Crippen molar-refractivity contribution in [2.45, 2.75) is 18.1 Å². The van der Waals surface area contributed by atoms with Gasteiger partial charge in [0.2, 0.25) is 0 Å². The minimum atomic E-state index is -3.68. The summed E-state index contributed by atoms with van der Waals surface area (Å²) in [6, 6.07) is 0. The number of aromatic amines is 2. The highest BCUT2D eigenvalue weighted by Gasteiger charge is 2.19. The molecule has 0 unspecified atom stereocenters. The molecule has 2 aromatic rings. The van der Waals surface area contributed by atoms with Crippen molar-refractivity contribution in [3.05, 3.63) is 30.0 Å². The second-order valence-corrected chi connectivity index (χ2v) is 5.27. The van der Waals surface area contributed by atoms with Crippen LogP contribution in [0.4, 0.5) is 0 Å². The number of rotatable bonds is 6. The van der Waals surface area contributed by atoms with E-state index in [2.05, 4.69) is 24.9 Å². The Morgan fingerprint density at radius 3 is 2.94 bits per heavy atom. The monoisotopic (exact) mass is 271 g/mol. The molecule has 0 atom stereocenters. The molecule has 0 aliphatic rings. The summed E-state index contributed by atoms with van der Waals surface area (Å²) < 4.78 is 26.2. The highest BCUT2D eigenvalue weighted by Crippen LogP contribution is 2.11. The van der Waals surface area contributed by atoms with E-state index in [9.17, 15) is 8.42 Å². The van der Waals surface area contributed by atoms with Crippen LogP contribution in [0.3, 0.4) is 0 Å². The van der Waals surface area contributed by atoms with E-state index in [-0.39, 0.29) is 23.7 Å². The molecular weight excluding hydrogens is 258 g/mol. The van der Waals surface area contributed by atoms with Gasteiger partial charge in [0, 0.05) is 30.9 Å². The highest BCUT2D eigenvalue weighted by atomic mass is 32.2. The maximum atomic E-state index is 11.9. The predicted molar refractivity (Wildman–Crippen MR) is 62.0 cm³/mol. The predicted octanol–water partition coefficient (Wildman–Crippen LogP) is -0.854. The molecule has 2 heterocycles. The lowest BCUT2D eigenvalue weighted by atomic mass is 10.4. The Kier molecular flexibility index (Phi) is 3.75. The van der Waals surface area contributed by atoms with Gasteiger partial charge in [-0.05, 0) is 0 Å². The molecule has 0 amide bonds. The zero-order valence-corrected chi connectivity index (χ0v) is 10.2. The second-order valence-electron chi connectivity index (χ2n) is 3.57. The molecule has 0 aromatic carbocycles. The summed E-state index contributed by atoms with van der Waals surface area (Å²) in [7, 11) is -3.68. The summed E-state index contributed by atoms with van der Waals surface area (Å²) >= 11 is 0. The van der Waals surface area contributed by atoms with Crippen LogP contribution in [0.1, 0.15) is 11.4 Å². The highest BCUT2D eigenvalue weighted by molar-refractivity contribution is 7.89. The first-order valence-corrected chi connectivity index (χ1v) is 6.73. The third-order valence-corrected chi connectivity index (χ3v) is 3.80. The molecule has 0 aliphatic carbocycles. The molecule has 2 aromatic heterocycles. The smallest absolute Gasteiger partial charge is 0.257 e. The second kappa shape index (κ2) is 5.29. The molecule has 0 fully saturated rings. The molecular formula is C9H13N5O3S. The SMILES string of the molecule is O=S(=O)(NCCc1ncc[nH]1)c1[nH]ncc1CO. The van der Waals surface area contributed by atoms with Gasteiger partial charge in [-0.25, -0.2) is 18.1 Å². The lowest BCUT2D eigenvalue weighted by molar-refractivity contribution is 0.278. The Hall–Kier alpha value is -1.71. The molecule has 0 aliphatic heterocycles. The first-order chi connectivity index (χ1) is 8.63. The van der Waals surface area contributed by atoms with Crippen molar-refractivity contribution in [2.75, 3.05) is 6.54 Å². The van der Waals surface area contributed by atoms with Crippen molar-refractivity contribution in [3.8, 4) is 0 Å². The van der Waals surface area contributed by atoms with Gasteiger partial charge in [0.1, 0.15) is 5.82 Å². The third kappa shape index (κ3) is 2.75. The molecule has 18 heavy (non-hydrogen) atoms. The average Bonchev–Trinajstić information content (AvgIpc) is 2.99. The molecule has 0 saturated carbocycles. The molecule has 4 N–H and O–H groups in total. The number of nitrogens with one attached hydrogen (secondary N) is 3. The van der Waals surface area contributed by atoms with Gasteiger partial charge in [0.25, 0.3) is 10.0 Å². The molecule has 2 rings (SSSR count). The lowest BCUT2D eigenvalue weighted by Gasteiger charge is -2.05. The summed E-state index contributed by atoms with van der Waals surface area (Å²) in [5, 5.41) is 14.8. The fourth-order valence-electron chi connectivity index (χ4n) is 1.46. The van der Waals surface area contributed by atoms with Crippen LogP contribution in [-0.4, -0.2) is 40.2 Å². The summed E-state index contributed by atoms with van der Waals surface area (Å²) in [6.45, 7) is -0.176. The maximum absolute atomic E-state index is 11.9. The first kappa shape index (κ1) is 12.7. The Labute approximate surface area is 104 Å². The van der Waals surface area contributed by atoms with E-state index in [1.54, 1.807) is 12.4 Å². The molecule has 9 heteroatoms. The van der Waals surface area contributed by atoms with E-state index >= 15 is 0 Å². The van der Waals surface area contributed by atoms with Crippen molar-refractivity contribution in [1.29, 1.82) is 0 Å². The molecule has 0 radical (unpaired) electrons. The van der Waals surface area contributed by atoms with E-state index in [0.29, 0.717) is 12.2 Å². The Bertz CT molecular complexity index is 590. The van der Waals surface area contributed by atoms with Gasteiger partial charge in [0.05, 0.1) is 12.8 Å². The van der Waals surface area contributed by atoms with E-state index < -0.39 is 10.0 Å². The summed E-state index contributed by atoms with van der Waals surface area (Å²) in [6.07, 6.45) is 5.00. The number of sulfonamides is 1. The van der Waals surface area contributed by atoms with E-state index in [1.165, 1.54) is 6.20 Å². The maximum Gasteiger partial charge on any atom is 0.257 e.